The Labute approximate surface area is 116 Å². The van der Waals surface area contributed by atoms with Crippen molar-refractivity contribution in [1.29, 1.82) is 0 Å². The molecular weight excluding hydrogens is 263 g/mol. The number of amides is 1. The summed E-state index contributed by atoms with van der Waals surface area (Å²) in [5.74, 6) is -1.21. The van der Waals surface area contributed by atoms with Crippen molar-refractivity contribution in [3.8, 4) is 0 Å². The van der Waals surface area contributed by atoms with Crippen LogP contribution in [-0.4, -0.2) is 28.3 Å². The van der Waals surface area contributed by atoms with Crippen LogP contribution in [-0.2, 0) is 0 Å². The predicted octanol–water partition coefficient (Wildman–Crippen LogP) is 3.14. The molecule has 0 N–H and O–H groups in total. The number of carbonyl (C=O) groups excluding carboxylic acids is 1. The number of halogens is 1. The number of carbonyl (C=O) groups is 1. The van der Waals surface area contributed by atoms with E-state index in [-0.39, 0.29) is 17.5 Å². The van der Waals surface area contributed by atoms with E-state index in [1.54, 1.807) is 4.90 Å². The number of rotatable bonds is 3. The number of hydrogen-bond acceptors (Lipinski definition) is 3. The summed E-state index contributed by atoms with van der Waals surface area (Å²) >= 11 is 0. The van der Waals surface area contributed by atoms with Gasteiger partial charge in [-0.05, 0) is 37.8 Å². The molecule has 1 saturated heterocycles. The van der Waals surface area contributed by atoms with E-state index in [1.807, 2.05) is 6.92 Å². The van der Waals surface area contributed by atoms with Crippen LogP contribution < -0.4 is 0 Å². The van der Waals surface area contributed by atoms with E-state index < -0.39 is 16.4 Å². The summed E-state index contributed by atoms with van der Waals surface area (Å²) in [5, 5.41) is 10.6. The van der Waals surface area contributed by atoms with Gasteiger partial charge < -0.3 is 4.90 Å². The molecule has 1 amide bonds. The van der Waals surface area contributed by atoms with Crippen LogP contribution in [0, 0.1) is 15.9 Å². The second-order valence-corrected chi connectivity index (χ2v) is 4.98. The molecular formula is C14H17FN2O3. The number of hydrogen-bond donors (Lipinski definition) is 0. The Morgan fingerprint density at radius 2 is 2.25 bits per heavy atom. The van der Waals surface area contributed by atoms with Gasteiger partial charge in [-0.15, -0.1) is 0 Å². The molecule has 0 aliphatic carbocycles. The largest absolute Gasteiger partial charge is 0.336 e. The molecule has 1 aromatic carbocycles. The molecule has 1 atom stereocenters. The fourth-order valence-corrected chi connectivity index (χ4v) is 2.65. The molecule has 108 valence electrons. The van der Waals surface area contributed by atoms with E-state index >= 15 is 0 Å². The van der Waals surface area contributed by atoms with Crippen molar-refractivity contribution in [2.45, 2.75) is 38.6 Å². The quantitative estimate of drug-likeness (QED) is 0.631. The van der Waals surface area contributed by atoms with Crippen molar-refractivity contribution >= 4 is 11.6 Å². The molecule has 1 aliphatic heterocycles. The van der Waals surface area contributed by atoms with Gasteiger partial charge in [0.15, 0.2) is 0 Å². The number of nitro groups is 1. The highest BCUT2D eigenvalue weighted by Gasteiger charge is 2.27. The maximum Gasteiger partial charge on any atom is 0.304 e. The Balaban J connectivity index is 2.24. The third kappa shape index (κ3) is 2.79. The molecule has 0 spiro atoms. The number of nitro benzene ring substituents is 1. The minimum absolute atomic E-state index is 0.174. The molecule has 1 heterocycles. The topological polar surface area (TPSA) is 63.5 Å². The number of piperidine rings is 1. The summed E-state index contributed by atoms with van der Waals surface area (Å²) in [6.07, 6.45) is 3.85. The van der Waals surface area contributed by atoms with Crippen molar-refractivity contribution in [2.24, 2.45) is 0 Å². The summed E-state index contributed by atoms with van der Waals surface area (Å²) in [6, 6.07) is 3.51. The van der Waals surface area contributed by atoms with E-state index in [9.17, 15) is 19.3 Å². The smallest absolute Gasteiger partial charge is 0.304 e. The van der Waals surface area contributed by atoms with Crippen LogP contribution in [0.4, 0.5) is 10.1 Å². The summed E-state index contributed by atoms with van der Waals surface area (Å²) in [6.45, 7) is 2.68. The Morgan fingerprint density at radius 1 is 1.50 bits per heavy atom. The fraction of sp³-hybridized carbons (Fsp3) is 0.500. The first-order valence-corrected chi connectivity index (χ1v) is 6.79. The Hall–Kier alpha value is -1.98. The van der Waals surface area contributed by atoms with Gasteiger partial charge in [-0.25, -0.2) is 0 Å². The van der Waals surface area contributed by atoms with Gasteiger partial charge in [-0.2, -0.15) is 4.39 Å². The van der Waals surface area contributed by atoms with Crippen molar-refractivity contribution in [3.05, 3.63) is 39.7 Å². The molecule has 0 saturated carbocycles. The Kier molecular flexibility index (Phi) is 4.32. The number of nitrogens with zero attached hydrogens (tertiary/aromatic N) is 2. The average molecular weight is 280 g/mol. The highest BCUT2D eigenvalue weighted by Crippen LogP contribution is 2.24. The molecule has 6 heteroatoms. The predicted molar refractivity (Wildman–Crippen MR) is 72.0 cm³/mol. The standard InChI is InChI=1S/C14H17FN2O3/c1-2-11-5-3-4-8-16(11)14(18)10-6-7-13(17(19)20)12(15)9-10/h6-7,9,11H,2-5,8H2,1H3. The van der Waals surface area contributed by atoms with Gasteiger partial charge in [0.05, 0.1) is 4.92 Å². The van der Waals surface area contributed by atoms with Gasteiger partial charge in [0.1, 0.15) is 0 Å². The highest BCUT2D eigenvalue weighted by molar-refractivity contribution is 5.94. The summed E-state index contributed by atoms with van der Waals surface area (Å²) in [5.41, 5.74) is -0.430. The molecule has 1 unspecified atom stereocenters. The van der Waals surface area contributed by atoms with Gasteiger partial charge in [0.2, 0.25) is 5.82 Å². The van der Waals surface area contributed by atoms with Gasteiger partial charge in [0, 0.05) is 24.2 Å². The zero-order chi connectivity index (χ0) is 14.7. The third-order valence-corrected chi connectivity index (χ3v) is 3.75. The monoisotopic (exact) mass is 280 g/mol. The van der Waals surface area contributed by atoms with Crippen LogP contribution in [0.1, 0.15) is 43.0 Å². The second kappa shape index (κ2) is 5.98. The maximum atomic E-state index is 13.6. The second-order valence-electron chi connectivity index (χ2n) is 4.98. The van der Waals surface area contributed by atoms with Crippen LogP contribution >= 0.6 is 0 Å². The molecule has 0 radical (unpaired) electrons. The summed E-state index contributed by atoms with van der Waals surface area (Å²) < 4.78 is 13.6. The first-order valence-electron chi connectivity index (χ1n) is 6.79. The Morgan fingerprint density at radius 3 is 2.85 bits per heavy atom. The van der Waals surface area contributed by atoms with Crippen molar-refractivity contribution in [1.82, 2.24) is 4.90 Å². The van der Waals surface area contributed by atoms with Crippen LogP contribution in [0.15, 0.2) is 18.2 Å². The number of likely N-dealkylation sites (tertiary alicyclic amines) is 1. The molecule has 1 aromatic rings. The van der Waals surface area contributed by atoms with Gasteiger partial charge in [0.25, 0.3) is 5.91 Å². The van der Waals surface area contributed by atoms with Crippen molar-refractivity contribution < 1.29 is 14.1 Å². The zero-order valence-corrected chi connectivity index (χ0v) is 11.3. The number of benzene rings is 1. The van der Waals surface area contributed by atoms with E-state index in [0.29, 0.717) is 6.54 Å². The van der Waals surface area contributed by atoms with Crippen molar-refractivity contribution in [3.63, 3.8) is 0 Å². The molecule has 2 rings (SSSR count). The van der Waals surface area contributed by atoms with Gasteiger partial charge in [-0.1, -0.05) is 6.92 Å². The molecule has 1 fully saturated rings. The molecule has 0 aromatic heterocycles. The Bertz CT molecular complexity index is 533. The zero-order valence-electron chi connectivity index (χ0n) is 11.3. The van der Waals surface area contributed by atoms with Crippen molar-refractivity contribution in [2.75, 3.05) is 6.54 Å². The van der Waals surface area contributed by atoms with Crippen LogP contribution in [0.2, 0.25) is 0 Å². The normalized spacial score (nSPS) is 18.9. The third-order valence-electron chi connectivity index (χ3n) is 3.75. The lowest BCUT2D eigenvalue weighted by Crippen LogP contribution is -2.43. The first kappa shape index (κ1) is 14.4. The molecule has 0 bridgehead atoms. The lowest BCUT2D eigenvalue weighted by molar-refractivity contribution is -0.387. The highest BCUT2D eigenvalue weighted by atomic mass is 19.1. The van der Waals surface area contributed by atoms with E-state index in [2.05, 4.69) is 0 Å². The SMILES string of the molecule is CCC1CCCCN1C(=O)c1ccc([N+](=O)[O-])c(F)c1. The average Bonchev–Trinajstić information content (AvgIpc) is 2.45. The van der Waals surface area contributed by atoms with Crippen LogP contribution in [0.5, 0.6) is 0 Å². The minimum Gasteiger partial charge on any atom is -0.336 e. The lowest BCUT2D eigenvalue weighted by Gasteiger charge is -2.35. The van der Waals surface area contributed by atoms with E-state index in [1.165, 1.54) is 6.07 Å². The molecule has 20 heavy (non-hydrogen) atoms. The van der Waals surface area contributed by atoms with E-state index in [0.717, 1.165) is 37.8 Å². The van der Waals surface area contributed by atoms with Gasteiger partial charge >= 0.3 is 5.69 Å². The molecule has 1 aliphatic rings. The minimum atomic E-state index is -0.967. The lowest BCUT2D eigenvalue weighted by atomic mass is 9.99. The van der Waals surface area contributed by atoms with Crippen LogP contribution in [0.3, 0.4) is 0 Å². The molecule has 5 nitrogen and oxygen atoms in total. The fourth-order valence-electron chi connectivity index (χ4n) is 2.65. The van der Waals surface area contributed by atoms with Crippen LogP contribution in [0.25, 0.3) is 0 Å². The van der Waals surface area contributed by atoms with Gasteiger partial charge in [-0.3, -0.25) is 14.9 Å². The summed E-state index contributed by atoms with van der Waals surface area (Å²) in [7, 11) is 0. The first-order chi connectivity index (χ1) is 9.54. The summed E-state index contributed by atoms with van der Waals surface area (Å²) in [4.78, 5) is 23.9. The maximum absolute atomic E-state index is 13.6. The van der Waals surface area contributed by atoms with E-state index in [4.69, 9.17) is 0 Å².